The fourth-order valence-electron chi connectivity index (χ4n) is 3.83. The molecule has 0 saturated carbocycles. The maximum Gasteiger partial charge on any atom is 0.416 e. The average molecular weight is 409 g/mol. The Hall–Kier alpha value is -2.97. The van der Waals surface area contributed by atoms with Crippen LogP contribution in [0.1, 0.15) is 40.2 Å². The van der Waals surface area contributed by atoms with Crippen LogP contribution in [-0.4, -0.2) is 33.9 Å². The lowest BCUT2D eigenvalue weighted by atomic mass is 9.87. The third-order valence-electron chi connectivity index (χ3n) is 5.30. The van der Waals surface area contributed by atoms with E-state index in [1.165, 1.54) is 4.90 Å². The Labute approximate surface area is 162 Å². The van der Waals surface area contributed by atoms with Crippen molar-refractivity contribution in [1.82, 2.24) is 14.9 Å². The van der Waals surface area contributed by atoms with Crippen molar-refractivity contribution in [2.75, 3.05) is 13.1 Å². The minimum atomic E-state index is -4.68. The van der Waals surface area contributed by atoms with E-state index in [-0.39, 0.29) is 19.0 Å². The first-order valence-electron chi connectivity index (χ1n) is 9.03. The van der Waals surface area contributed by atoms with Gasteiger partial charge in [-0.05, 0) is 43.0 Å². The summed E-state index contributed by atoms with van der Waals surface area (Å²) in [5, 5.41) is 0.684. The molecule has 3 aromatic rings. The summed E-state index contributed by atoms with van der Waals surface area (Å²) in [6.07, 6.45) is -0.945. The molecule has 1 fully saturated rings. The number of fused-ring (bicyclic) bond motifs is 1. The number of H-pyrrole nitrogens is 1. The zero-order valence-corrected chi connectivity index (χ0v) is 15.1. The molecule has 3 heterocycles. The van der Waals surface area contributed by atoms with Crippen molar-refractivity contribution in [3.05, 3.63) is 65.0 Å². The van der Waals surface area contributed by atoms with E-state index in [0.717, 1.165) is 12.3 Å². The van der Waals surface area contributed by atoms with Crippen LogP contribution < -0.4 is 0 Å². The number of amides is 1. The third-order valence-corrected chi connectivity index (χ3v) is 5.30. The smallest absolute Gasteiger partial charge is 0.346 e. The first-order valence-corrected chi connectivity index (χ1v) is 9.03. The van der Waals surface area contributed by atoms with Gasteiger partial charge in [0.25, 0.3) is 5.91 Å². The van der Waals surface area contributed by atoms with Crippen LogP contribution in [0.5, 0.6) is 0 Å². The van der Waals surface area contributed by atoms with E-state index in [1.54, 1.807) is 12.3 Å². The largest absolute Gasteiger partial charge is 0.416 e. The highest BCUT2D eigenvalue weighted by molar-refractivity contribution is 5.94. The highest BCUT2D eigenvalue weighted by Gasteiger charge is 2.33. The van der Waals surface area contributed by atoms with Gasteiger partial charge >= 0.3 is 6.18 Å². The molecule has 0 spiro atoms. The molecule has 0 bridgehead atoms. The van der Waals surface area contributed by atoms with Crippen LogP contribution in [0.25, 0.3) is 11.0 Å². The van der Waals surface area contributed by atoms with Crippen molar-refractivity contribution >= 4 is 16.9 Å². The van der Waals surface area contributed by atoms with Crippen molar-refractivity contribution in [3.63, 3.8) is 0 Å². The molecule has 4 rings (SSSR count). The standard InChI is InChI=1S/C20H16F5N3O/c21-15-9-12(20(23,24)25)1-2-13(15)19(29)28-7-4-11(5-8-28)17-14-3-6-26-18(14)27-10-16(17)22/h1-3,6,9-11H,4-5,7-8H2,(H,26,27). The van der Waals surface area contributed by atoms with Crippen LogP contribution in [0.4, 0.5) is 22.0 Å². The highest BCUT2D eigenvalue weighted by atomic mass is 19.4. The van der Waals surface area contributed by atoms with Crippen LogP contribution >= 0.6 is 0 Å². The molecule has 0 atom stereocenters. The molecule has 1 aromatic carbocycles. The zero-order chi connectivity index (χ0) is 20.8. The first-order chi connectivity index (χ1) is 13.8. The number of hydrogen-bond donors (Lipinski definition) is 1. The maximum atomic E-state index is 14.4. The predicted octanol–water partition coefficient (Wildman–Crippen LogP) is 4.88. The lowest BCUT2D eigenvalue weighted by Crippen LogP contribution is -2.38. The molecular formula is C20H16F5N3O. The van der Waals surface area contributed by atoms with E-state index in [2.05, 4.69) is 9.97 Å². The number of nitrogens with one attached hydrogen (secondary N) is 1. The molecule has 0 aliphatic carbocycles. The Morgan fingerprint density at radius 1 is 1.10 bits per heavy atom. The van der Waals surface area contributed by atoms with Gasteiger partial charge < -0.3 is 9.88 Å². The SMILES string of the molecule is O=C(c1ccc(C(F)(F)F)cc1F)N1CCC(c2c(F)cnc3[nH]ccc23)CC1. The topological polar surface area (TPSA) is 49.0 Å². The van der Waals surface area contributed by atoms with Gasteiger partial charge in [-0.3, -0.25) is 4.79 Å². The van der Waals surface area contributed by atoms with Crippen molar-refractivity contribution in [2.45, 2.75) is 24.9 Å². The number of alkyl halides is 3. The van der Waals surface area contributed by atoms with E-state index in [1.807, 2.05) is 0 Å². The summed E-state index contributed by atoms with van der Waals surface area (Å²) in [6, 6.07) is 3.63. The number of benzene rings is 1. The predicted molar refractivity (Wildman–Crippen MR) is 95.3 cm³/mol. The number of carbonyl (C=O) groups excluding carboxylic acids is 1. The molecule has 9 heteroatoms. The van der Waals surface area contributed by atoms with Gasteiger partial charge in [-0.1, -0.05) is 0 Å². The molecule has 1 saturated heterocycles. The Balaban J connectivity index is 1.50. The number of pyridine rings is 1. The summed E-state index contributed by atoms with van der Waals surface area (Å²) < 4.78 is 66.5. The van der Waals surface area contributed by atoms with Gasteiger partial charge in [-0.25, -0.2) is 13.8 Å². The maximum absolute atomic E-state index is 14.4. The monoisotopic (exact) mass is 409 g/mol. The lowest BCUT2D eigenvalue weighted by molar-refractivity contribution is -0.137. The molecule has 4 nitrogen and oxygen atoms in total. The molecule has 1 N–H and O–H groups in total. The fourth-order valence-corrected chi connectivity index (χ4v) is 3.83. The van der Waals surface area contributed by atoms with Crippen LogP contribution in [0.2, 0.25) is 0 Å². The summed E-state index contributed by atoms with van der Waals surface area (Å²) in [4.78, 5) is 20.9. The van der Waals surface area contributed by atoms with Crippen LogP contribution in [0.3, 0.4) is 0 Å². The number of likely N-dealkylation sites (tertiary alicyclic amines) is 1. The number of carbonyl (C=O) groups is 1. The second-order valence-electron chi connectivity index (χ2n) is 7.02. The van der Waals surface area contributed by atoms with Crippen LogP contribution in [0, 0.1) is 11.6 Å². The number of aromatic nitrogens is 2. The number of aromatic amines is 1. The summed E-state index contributed by atoms with van der Waals surface area (Å²) in [6.45, 7) is 0.495. The van der Waals surface area contributed by atoms with Gasteiger partial charge in [0.15, 0.2) is 0 Å². The number of hydrogen-bond acceptors (Lipinski definition) is 2. The average Bonchev–Trinajstić information content (AvgIpc) is 3.15. The van der Waals surface area contributed by atoms with Gasteiger partial charge in [-0.2, -0.15) is 13.2 Å². The molecule has 1 aliphatic rings. The van der Waals surface area contributed by atoms with E-state index >= 15 is 0 Å². The second-order valence-corrected chi connectivity index (χ2v) is 7.02. The van der Waals surface area contributed by atoms with Crippen LogP contribution in [0.15, 0.2) is 36.7 Å². The molecule has 1 aliphatic heterocycles. The van der Waals surface area contributed by atoms with E-state index in [4.69, 9.17) is 0 Å². The molecule has 0 unspecified atom stereocenters. The third kappa shape index (κ3) is 3.56. The molecule has 0 radical (unpaired) electrons. The van der Waals surface area contributed by atoms with Gasteiger partial charge in [0.1, 0.15) is 17.3 Å². The summed E-state index contributed by atoms with van der Waals surface area (Å²) in [5.41, 5.74) is -0.440. The molecular weight excluding hydrogens is 393 g/mol. The lowest BCUT2D eigenvalue weighted by Gasteiger charge is -2.32. The quantitative estimate of drug-likeness (QED) is 0.614. The Morgan fingerprint density at radius 3 is 2.48 bits per heavy atom. The van der Waals surface area contributed by atoms with Gasteiger partial charge in [-0.15, -0.1) is 0 Å². The molecule has 2 aromatic heterocycles. The van der Waals surface area contributed by atoms with Crippen molar-refractivity contribution < 1.29 is 26.7 Å². The zero-order valence-electron chi connectivity index (χ0n) is 15.1. The Bertz CT molecular complexity index is 1070. The number of nitrogens with zero attached hydrogens (tertiary/aromatic N) is 2. The highest BCUT2D eigenvalue weighted by Crippen LogP contribution is 2.35. The van der Waals surface area contributed by atoms with Crippen molar-refractivity contribution in [1.29, 1.82) is 0 Å². The summed E-state index contributed by atoms with van der Waals surface area (Å²) in [7, 11) is 0. The minimum absolute atomic E-state index is 0.141. The fraction of sp³-hybridized carbons (Fsp3) is 0.300. The summed E-state index contributed by atoms with van der Waals surface area (Å²) >= 11 is 0. The first kappa shape index (κ1) is 19.4. The second kappa shape index (κ2) is 7.13. The summed E-state index contributed by atoms with van der Waals surface area (Å²) in [5.74, 6) is -2.44. The van der Waals surface area contributed by atoms with E-state index in [0.29, 0.717) is 41.6 Å². The van der Waals surface area contributed by atoms with E-state index in [9.17, 15) is 26.7 Å². The van der Waals surface area contributed by atoms with E-state index < -0.39 is 34.8 Å². The number of halogens is 5. The minimum Gasteiger partial charge on any atom is -0.346 e. The molecule has 152 valence electrons. The van der Waals surface area contributed by atoms with Gasteiger partial charge in [0.05, 0.1) is 17.3 Å². The van der Waals surface area contributed by atoms with Gasteiger partial charge in [0, 0.05) is 30.2 Å². The number of rotatable bonds is 2. The number of piperidine rings is 1. The Morgan fingerprint density at radius 2 is 1.83 bits per heavy atom. The van der Waals surface area contributed by atoms with Crippen molar-refractivity contribution in [3.8, 4) is 0 Å². The van der Waals surface area contributed by atoms with Crippen molar-refractivity contribution in [2.24, 2.45) is 0 Å². The normalized spacial score (nSPS) is 15.8. The van der Waals surface area contributed by atoms with Crippen LogP contribution in [-0.2, 0) is 6.18 Å². The molecule has 29 heavy (non-hydrogen) atoms. The molecule has 1 amide bonds. The Kier molecular flexibility index (Phi) is 4.76. The van der Waals surface area contributed by atoms with Gasteiger partial charge in [0.2, 0.25) is 0 Å².